The molecule has 0 aromatic carbocycles. The Morgan fingerprint density at radius 3 is 2.57 bits per heavy atom. The molecule has 0 saturated heterocycles. The summed E-state index contributed by atoms with van der Waals surface area (Å²) in [6, 6.07) is -0.113. The monoisotopic (exact) mass is 265 g/mol. The highest BCUT2D eigenvalue weighted by Crippen LogP contribution is 2.04. The van der Waals surface area contributed by atoms with E-state index < -0.39 is 6.09 Å². The number of alkyl carbamates (subject to hydrolysis) is 1. The summed E-state index contributed by atoms with van der Waals surface area (Å²) in [6.07, 6.45) is 1.58. The Labute approximate surface area is 92.5 Å². The van der Waals surface area contributed by atoms with Gasteiger partial charge in [-0.25, -0.2) is 4.79 Å². The van der Waals surface area contributed by atoms with E-state index >= 15 is 0 Å². The second-order valence-electron chi connectivity index (χ2n) is 3.00. The number of ketones is 1. The number of hydrogen-bond donors (Lipinski definition) is 1. The van der Waals surface area contributed by atoms with Gasteiger partial charge in [0.05, 0.1) is 12.4 Å². The Bertz CT molecular complexity index is 178. The molecule has 0 rings (SSSR count). The van der Waals surface area contributed by atoms with Crippen LogP contribution in [0.3, 0.4) is 0 Å². The van der Waals surface area contributed by atoms with Gasteiger partial charge in [0.15, 0.2) is 0 Å². The van der Waals surface area contributed by atoms with Gasteiger partial charge < -0.3 is 10.1 Å². The molecule has 82 valence electrons. The minimum absolute atomic E-state index is 0.0832. The molecule has 14 heavy (non-hydrogen) atoms. The first-order chi connectivity index (χ1) is 6.63. The molecule has 0 radical (unpaired) electrons. The van der Waals surface area contributed by atoms with E-state index in [1.807, 2.05) is 6.92 Å². The van der Waals surface area contributed by atoms with Crippen molar-refractivity contribution in [3.05, 3.63) is 0 Å². The Morgan fingerprint density at radius 1 is 1.50 bits per heavy atom. The minimum atomic E-state index is -0.481. The van der Waals surface area contributed by atoms with Crippen molar-refractivity contribution in [2.45, 2.75) is 32.2 Å². The van der Waals surface area contributed by atoms with E-state index in [-0.39, 0.29) is 11.8 Å². The van der Waals surface area contributed by atoms with E-state index in [4.69, 9.17) is 0 Å². The lowest BCUT2D eigenvalue weighted by Gasteiger charge is -2.15. The molecule has 1 atom stereocenters. The molecule has 0 aromatic heterocycles. The van der Waals surface area contributed by atoms with E-state index in [0.29, 0.717) is 11.8 Å². The van der Waals surface area contributed by atoms with Gasteiger partial charge in [-0.15, -0.1) is 0 Å². The van der Waals surface area contributed by atoms with Crippen molar-refractivity contribution in [3.8, 4) is 0 Å². The summed E-state index contributed by atoms with van der Waals surface area (Å²) in [7, 11) is 1.31. The topological polar surface area (TPSA) is 55.4 Å². The average molecular weight is 266 g/mol. The van der Waals surface area contributed by atoms with Crippen LogP contribution in [0.1, 0.15) is 26.2 Å². The number of alkyl halides is 1. The Morgan fingerprint density at radius 2 is 2.14 bits per heavy atom. The van der Waals surface area contributed by atoms with Crippen molar-refractivity contribution >= 4 is 27.8 Å². The van der Waals surface area contributed by atoms with Crippen LogP contribution in [0.5, 0.6) is 0 Å². The van der Waals surface area contributed by atoms with Gasteiger partial charge in [-0.2, -0.15) is 0 Å². The molecule has 0 bridgehead atoms. The van der Waals surface area contributed by atoms with Crippen molar-refractivity contribution in [3.63, 3.8) is 0 Å². The second-order valence-corrected chi connectivity index (χ2v) is 3.56. The van der Waals surface area contributed by atoms with Gasteiger partial charge in [0.25, 0.3) is 0 Å². The maximum atomic E-state index is 11.1. The molecule has 0 aromatic rings. The zero-order valence-corrected chi connectivity index (χ0v) is 10.1. The molecule has 1 unspecified atom stereocenters. The van der Waals surface area contributed by atoms with Crippen LogP contribution >= 0.6 is 15.9 Å². The van der Waals surface area contributed by atoms with Crippen LogP contribution in [0, 0.1) is 0 Å². The van der Waals surface area contributed by atoms with Crippen LogP contribution in [-0.4, -0.2) is 30.4 Å². The Hall–Kier alpha value is -0.580. The van der Waals surface area contributed by atoms with Crippen LogP contribution in [-0.2, 0) is 9.53 Å². The van der Waals surface area contributed by atoms with E-state index in [9.17, 15) is 9.59 Å². The molecule has 0 heterocycles. The van der Waals surface area contributed by atoms with Crippen LogP contribution in [0.4, 0.5) is 4.79 Å². The van der Waals surface area contributed by atoms with Crippen LogP contribution in [0.25, 0.3) is 0 Å². The third kappa shape index (κ3) is 5.96. The molecule has 5 heteroatoms. The summed E-state index contributed by atoms with van der Waals surface area (Å²) in [5, 5.41) is 2.96. The summed E-state index contributed by atoms with van der Waals surface area (Å²) >= 11 is 3.08. The molecular weight excluding hydrogens is 250 g/mol. The summed E-state index contributed by atoms with van der Waals surface area (Å²) in [5.41, 5.74) is 0. The molecule has 4 nitrogen and oxygen atoms in total. The molecule has 0 aliphatic rings. The van der Waals surface area contributed by atoms with Gasteiger partial charge in [-0.05, 0) is 6.42 Å². The molecule has 1 N–H and O–H groups in total. The van der Waals surface area contributed by atoms with Gasteiger partial charge in [0.1, 0.15) is 5.78 Å². The van der Waals surface area contributed by atoms with Gasteiger partial charge in [0.2, 0.25) is 0 Å². The fourth-order valence-corrected chi connectivity index (χ4v) is 1.36. The van der Waals surface area contributed by atoms with E-state index in [0.717, 1.165) is 12.8 Å². The number of halogens is 1. The number of carbonyl (C=O) groups excluding carboxylic acids is 2. The van der Waals surface area contributed by atoms with E-state index in [1.165, 1.54) is 7.11 Å². The second kappa shape index (κ2) is 7.79. The van der Waals surface area contributed by atoms with Gasteiger partial charge in [-0.3, -0.25) is 4.79 Å². The minimum Gasteiger partial charge on any atom is -0.453 e. The fraction of sp³-hybridized carbons (Fsp3) is 0.778. The summed E-state index contributed by atoms with van der Waals surface area (Å²) in [6.45, 7) is 2.00. The number of carbonyl (C=O) groups is 2. The number of nitrogens with one attached hydrogen (secondary N) is 1. The SMILES string of the molecule is CCCC(CC(=O)CBr)NC(=O)OC. The average Bonchev–Trinajstić information content (AvgIpc) is 2.17. The van der Waals surface area contributed by atoms with Crippen molar-refractivity contribution < 1.29 is 14.3 Å². The largest absolute Gasteiger partial charge is 0.453 e. The standard InChI is InChI=1S/C9H16BrNO3/c1-3-4-7(5-8(12)6-10)11-9(13)14-2/h7H,3-6H2,1-2H3,(H,11,13). The Balaban J connectivity index is 4.00. The number of ether oxygens (including phenoxy) is 1. The first-order valence-corrected chi connectivity index (χ1v) is 5.68. The molecule has 0 aliphatic heterocycles. The first-order valence-electron chi connectivity index (χ1n) is 4.56. The van der Waals surface area contributed by atoms with Crippen molar-refractivity contribution in [2.24, 2.45) is 0 Å². The normalized spacial score (nSPS) is 11.9. The van der Waals surface area contributed by atoms with Crippen LogP contribution < -0.4 is 5.32 Å². The maximum Gasteiger partial charge on any atom is 0.407 e. The van der Waals surface area contributed by atoms with E-state index in [1.54, 1.807) is 0 Å². The maximum absolute atomic E-state index is 11.1. The lowest BCUT2D eigenvalue weighted by Crippen LogP contribution is -2.36. The fourth-order valence-electron chi connectivity index (χ4n) is 1.13. The third-order valence-corrected chi connectivity index (χ3v) is 2.39. The molecule has 0 spiro atoms. The molecule has 1 amide bonds. The van der Waals surface area contributed by atoms with Crippen LogP contribution in [0.15, 0.2) is 0 Å². The zero-order chi connectivity index (χ0) is 11.0. The highest BCUT2D eigenvalue weighted by atomic mass is 79.9. The van der Waals surface area contributed by atoms with Gasteiger partial charge in [-0.1, -0.05) is 29.3 Å². The van der Waals surface area contributed by atoms with Crippen LogP contribution in [0.2, 0.25) is 0 Å². The predicted octanol–water partition coefficient (Wildman–Crippen LogP) is 1.87. The summed E-state index contributed by atoms with van der Waals surface area (Å²) in [5.74, 6) is 0.0832. The lowest BCUT2D eigenvalue weighted by atomic mass is 10.1. The number of methoxy groups -OCH3 is 1. The number of Topliss-reactive ketones (excluding diaryl/α,β-unsaturated/α-hetero) is 1. The highest BCUT2D eigenvalue weighted by molar-refractivity contribution is 9.09. The van der Waals surface area contributed by atoms with E-state index in [2.05, 4.69) is 26.0 Å². The van der Waals surface area contributed by atoms with Crippen molar-refractivity contribution in [1.82, 2.24) is 5.32 Å². The quantitative estimate of drug-likeness (QED) is 0.746. The molecule has 0 fully saturated rings. The van der Waals surface area contributed by atoms with Gasteiger partial charge in [0, 0.05) is 12.5 Å². The smallest absolute Gasteiger partial charge is 0.407 e. The number of hydrogen-bond acceptors (Lipinski definition) is 3. The number of amides is 1. The third-order valence-electron chi connectivity index (χ3n) is 1.77. The Kier molecular flexibility index (Phi) is 7.47. The van der Waals surface area contributed by atoms with Crippen molar-refractivity contribution in [2.75, 3.05) is 12.4 Å². The molecule has 0 aliphatic carbocycles. The van der Waals surface area contributed by atoms with Crippen molar-refractivity contribution in [1.29, 1.82) is 0 Å². The lowest BCUT2D eigenvalue weighted by molar-refractivity contribution is -0.116. The predicted molar refractivity (Wildman–Crippen MR) is 57.7 cm³/mol. The zero-order valence-electron chi connectivity index (χ0n) is 8.51. The summed E-state index contributed by atoms with van der Waals surface area (Å²) in [4.78, 5) is 22.0. The first kappa shape index (κ1) is 13.4. The summed E-state index contributed by atoms with van der Waals surface area (Å²) < 4.78 is 4.47. The number of rotatable bonds is 6. The molecule has 0 saturated carbocycles. The van der Waals surface area contributed by atoms with Gasteiger partial charge >= 0.3 is 6.09 Å². The highest BCUT2D eigenvalue weighted by Gasteiger charge is 2.14. The molecular formula is C9H16BrNO3.